The molecule has 30 heavy (non-hydrogen) atoms. The number of hydrazone groups is 1. The second kappa shape index (κ2) is 10.1. The van der Waals surface area contributed by atoms with Gasteiger partial charge in [-0.2, -0.15) is 5.10 Å². The minimum absolute atomic E-state index is 0.0248. The zero-order chi connectivity index (χ0) is 21.3. The first-order chi connectivity index (χ1) is 14.5. The molecule has 2 N–H and O–H groups in total. The summed E-state index contributed by atoms with van der Waals surface area (Å²) in [6.45, 7) is -0.0248. The number of carbonyl (C=O) groups excluding carboxylic acids is 2. The first-order valence-corrected chi connectivity index (χ1v) is 9.25. The first kappa shape index (κ1) is 20.9. The number of hydrogen-bond acceptors (Lipinski definition) is 3. The number of carbonyl (C=O) groups is 2. The van der Waals surface area contributed by atoms with E-state index >= 15 is 0 Å². The van der Waals surface area contributed by atoms with Crippen LogP contribution in [0.2, 0.25) is 0 Å². The summed E-state index contributed by atoms with van der Waals surface area (Å²) in [6.07, 6.45) is -0.0606. The van der Waals surface area contributed by atoms with E-state index in [1.54, 1.807) is 0 Å². The van der Waals surface area contributed by atoms with Gasteiger partial charge in [-0.3, -0.25) is 9.59 Å². The summed E-state index contributed by atoms with van der Waals surface area (Å²) >= 11 is 0. The molecule has 152 valence electrons. The van der Waals surface area contributed by atoms with Crippen molar-refractivity contribution in [3.05, 3.63) is 107 Å². The van der Waals surface area contributed by atoms with E-state index in [0.29, 0.717) is 11.8 Å². The van der Waals surface area contributed by atoms with Crippen LogP contribution < -0.4 is 10.7 Å². The number of halogens is 2. The molecular formula is C23H19F2N3O2. The normalized spacial score (nSPS) is 10.2. The number of benzene rings is 3. The Kier molecular flexibility index (Phi) is 7.00. The molecule has 0 aliphatic carbocycles. The van der Waals surface area contributed by atoms with E-state index in [4.69, 9.17) is 0 Å². The highest BCUT2D eigenvalue weighted by atomic mass is 19.1. The molecule has 0 saturated carbocycles. The molecule has 7 heteroatoms. The summed E-state index contributed by atoms with van der Waals surface area (Å²) in [4.78, 5) is 24.1. The zero-order valence-electron chi connectivity index (χ0n) is 15.9. The molecule has 0 radical (unpaired) electrons. The lowest BCUT2D eigenvalue weighted by atomic mass is 10.0. The fourth-order valence-corrected chi connectivity index (χ4v) is 2.72. The summed E-state index contributed by atoms with van der Waals surface area (Å²) in [7, 11) is 0. The van der Waals surface area contributed by atoms with E-state index < -0.39 is 23.4 Å². The van der Waals surface area contributed by atoms with Gasteiger partial charge in [0.1, 0.15) is 11.6 Å². The average Bonchev–Trinajstić information content (AvgIpc) is 2.75. The molecule has 0 aliphatic heterocycles. The molecule has 0 fully saturated rings. The van der Waals surface area contributed by atoms with Gasteiger partial charge in [-0.25, -0.2) is 14.2 Å². The predicted octanol–water partition coefficient (Wildman–Crippen LogP) is 3.65. The van der Waals surface area contributed by atoms with E-state index in [1.807, 2.05) is 60.7 Å². The van der Waals surface area contributed by atoms with Crippen molar-refractivity contribution in [1.82, 2.24) is 10.7 Å². The summed E-state index contributed by atoms with van der Waals surface area (Å²) in [5.41, 5.74) is 4.47. The fourth-order valence-electron chi connectivity index (χ4n) is 2.72. The van der Waals surface area contributed by atoms with Gasteiger partial charge in [0.2, 0.25) is 5.91 Å². The van der Waals surface area contributed by atoms with Crippen molar-refractivity contribution < 1.29 is 18.4 Å². The van der Waals surface area contributed by atoms with Crippen molar-refractivity contribution in [1.29, 1.82) is 0 Å². The van der Waals surface area contributed by atoms with E-state index in [9.17, 15) is 18.4 Å². The second-order valence-electron chi connectivity index (χ2n) is 6.36. The molecule has 0 bridgehead atoms. The third kappa shape index (κ3) is 5.57. The Morgan fingerprint density at radius 1 is 0.833 bits per heavy atom. The molecule has 0 spiro atoms. The van der Waals surface area contributed by atoms with E-state index in [2.05, 4.69) is 15.8 Å². The maximum Gasteiger partial charge on any atom is 0.254 e. The van der Waals surface area contributed by atoms with Gasteiger partial charge in [0.25, 0.3) is 5.91 Å². The van der Waals surface area contributed by atoms with Crippen LogP contribution in [0.4, 0.5) is 8.78 Å². The van der Waals surface area contributed by atoms with Gasteiger partial charge >= 0.3 is 0 Å². The van der Waals surface area contributed by atoms with Crippen LogP contribution in [0.25, 0.3) is 0 Å². The Labute approximate surface area is 172 Å². The predicted molar refractivity (Wildman–Crippen MR) is 110 cm³/mol. The van der Waals surface area contributed by atoms with Crippen LogP contribution in [0.1, 0.15) is 27.9 Å². The summed E-state index contributed by atoms with van der Waals surface area (Å²) in [6, 6.07) is 21.5. The van der Waals surface area contributed by atoms with Crippen LogP contribution in [0.15, 0.2) is 84.0 Å². The minimum Gasteiger partial charge on any atom is -0.351 e. The number of rotatable bonds is 7. The highest BCUT2D eigenvalue weighted by Gasteiger charge is 2.13. The Balaban J connectivity index is 1.60. The molecule has 3 aromatic carbocycles. The fraction of sp³-hybridized carbons (Fsp3) is 0.0870. The van der Waals surface area contributed by atoms with Crippen molar-refractivity contribution in [2.75, 3.05) is 6.54 Å². The van der Waals surface area contributed by atoms with Crippen molar-refractivity contribution in [3.8, 4) is 0 Å². The zero-order valence-corrected chi connectivity index (χ0v) is 15.9. The minimum atomic E-state index is -0.961. The monoisotopic (exact) mass is 407 g/mol. The standard InChI is InChI=1S/C23H19F2N3O2/c24-18-11-12-19(20(25)15-18)23(30)26-14-13-21(29)27-28-22(16-7-3-1-4-8-16)17-9-5-2-6-10-17/h1-12,15H,13-14H2,(H,26,30)(H,27,29). The molecule has 2 amide bonds. The number of nitrogens with one attached hydrogen (secondary N) is 2. The lowest BCUT2D eigenvalue weighted by Gasteiger charge is -2.09. The van der Waals surface area contributed by atoms with Crippen LogP contribution in [0.5, 0.6) is 0 Å². The molecule has 0 unspecified atom stereocenters. The van der Waals surface area contributed by atoms with Gasteiger partial charge in [-0.15, -0.1) is 0 Å². The van der Waals surface area contributed by atoms with Crippen molar-refractivity contribution in [2.24, 2.45) is 5.10 Å². The van der Waals surface area contributed by atoms with Gasteiger partial charge in [-0.1, -0.05) is 60.7 Å². The third-order valence-corrected chi connectivity index (χ3v) is 4.20. The first-order valence-electron chi connectivity index (χ1n) is 9.25. The Hall–Kier alpha value is -3.87. The van der Waals surface area contributed by atoms with Crippen LogP contribution in [0, 0.1) is 11.6 Å². The number of nitrogens with zero attached hydrogens (tertiary/aromatic N) is 1. The largest absolute Gasteiger partial charge is 0.351 e. The lowest BCUT2D eigenvalue weighted by molar-refractivity contribution is -0.120. The van der Waals surface area contributed by atoms with E-state index in [0.717, 1.165) is 23.3 Å². The second-order valence-corrected chi connectivity index (χ2v) is 6.36. The molecule has 0 heterocycles. The highest BCUT2D eigenvalue weighted by molar-refractivity contribution is 6.13. The molecule has 0 atom stereocenters. The molecular weight excluding hydrogens is 388 g/mol. The third-order valence-electron chi connectivity index (χ3n) is 4.20. The Morgan fingerprint density at radius 3 is 2.00 bits per heavy atom. The van der Waals surface area contributed by atoms with Crippen LogP contribution >= 0.6 is 0 Å². The molecule has 5 nitrogen and oxygen atoms in total. The van der Waals surface area contributed by atoms with Gasteiger partial charge in [-0.05, 0) is 12.1 Å². The number of amides is 2. The van der Waals surface area contributed by atoms with Crippen LogP contribution in [-0.4, -0.2) is 24.1 Å². The molecule has 3 aromatic rings. The average molecular weight is 407 g/mol. The molecule has 0 saturated heterocycles. The van der Waals surface area contributed by atoms with Gasteiger partial charge in [0, 0.05) is 30.2 Å². The summed E-state index contributed by atoms with van der Waals surface area (Å²) in [5, 5.41) is 6.68. The molecule has 0 aromatic heterocycles. The van der Waals surface area contributed by atoms with Crippen molar-refractivity contribution in [2.45, 2.75) is 6.42 Å². The summed E-state index contributed by atoms with van der Waals surface area (Å²) in [5.74, 6) is -2.87. The molecule has 0 aliphatic rings. The lowest BCUT2D eigenvalue weighted by Crippen LogP contribution is -2.30. The highest BCUT2D eigenvalue weighted by Crippen LogP contribution is 2.11. The Morgan fingerprint density at radius 2 is 1.43 bits per heavy atom. The van der Waals surface area contributed by atoms with Crippen molar-refractivity contribution >= 4 is 17.5 Å². The Bertz CT molecular complexity index is 1010. The smallest absolute Gasteiger partial charge is 0.254 e. The van der Waals surface area contributed by atoms with Crippen molar-refractivity contribution in [3.63, 3.8) is 0 Å². The van der Waals surface area contributed by atoms with Gasteiger partial charge in [0.15, 0.2) is 0 Å². The molecule has 3 rings (SSSR count). The van der Waals surface area contributed by atoms with Crippen LogP contribution in [0.3, 0.4) is 0 Å². The maximum atomic E-state index is 13.6. The van der Waals surface area contributed by atoms with Crippen LogP contribution in [-0.2, 0) is 4.79 Å². The van der Waals surface area contributed by atoms with Gasteiger partial charge < -0.3 is 5.32 Å². The quantitative estimate of drug-likeness (QED) is 0.464. The van der Waals surface area contributed by atoms with E-state index in [1.165, 1.54) is 0 Å². The SMILES string of the molecule is O=C(CCNC(=O)c1ccc(F)cc1F)NN=C(c1ccccc1)c1ccccc1. The number of hydrogen-bond donors (Lipinski definition) is 2. The topological polar surface area (TPSA) is 70.6 Å². The van der Waals surface area contributed by atoms with Gasteiger partial charge in [0.05, 0.1) is 11.3 Å². The maximum absolute atomic E-state index is 13.6. The van der Waals surface area contributed by atoms with E-state index in [-0.39, 0.29) is 18.5 Å². The summed E-state index contributed by atoms with van der Waals surface area (Å²) < 4.78 is 26.5.